The van der Waals surface area contributed by atoms with Crippen molar-refractivity contribution in [3.63, 3.8) is 0 Å². The van der Waals surface area contributed by atoms with Crippen molar-refractivity contribution in [2.45, 2.75) is 0 Å². The number of hydrogen-bond acceptors (Lipinski definition) is 8. The number of carbonyl (C=O) groups excluding carboxylic acids is 4. The van der Waals surface area contributed by atoms with Gasteiger partial charge in [0.2, 0.25) is 0 Å². The minimum atomic E-state index is -6.09. The van der Waals surface area contributed by atoms with Crippen molar-refractivity contribution < 1.29 is 41.5 Å². The fourth-order valence-electron chi connectivity index (χ4n) is 0.792. The van der Waals surface area contributed by atoms with Gasteiger partial charge in [-0.1, -0.05) is 0 Å². The predicted molar refractivity (Wildman–Crippen MR) is 32.4 cm³/mol. The summed E-state index contributed by atoms with van der Waals surface area (Å²) >= 11 is 0. The van der Waals surface area contributed by atoms with E-state index >= 15 is 0 Å². The molecule has 0 aliphatic carbocycles. The topological polar surface area (TPSA) is 105 Å². The Morgan fingerprint density at radius 1 is 0.714 bits per heavy atom. The molecule has 0 amide bonds. The average Bonchev–Trinajstić information content (AvgIpc) is 2.34. The first-order valence-corrected chi connectivity index (χ1v) is 4.83. The fourth-order valence-corrected chi connectivity index (χ4v) is 2.38. The Labute approximate surface area is 74.2 Å². The van der Waals surface area contributed by atoms with Crippen molar-refractivity contribution in [2.75, 3.05) is 0 Å². The van der Waals surface area contributed by atoms with Crippen molar-refractivity contribution >= 4 is 31.7 Å². The molecular formula is C4FO8P. The van der Waals surface area contributed by atoms with Crippen molar-refractivity contribution in [2.24, 2.45) is 0 Å². The van der Waals surface area contributed by atoms with Gasteiger partial charge in [0.1, 0.15) is 0 Å². The second-order valence-corrected chi connectivity index (χ2v) is 4.41. The molecule has 8 nitrogen and oxygen atoms in total. The van der Waals surface area contributed by atoms with E-state index in [0.29, 0.717) is 0 Å². The molecule has 10 heteroatoms. The van der Waals surface area contributed by atoms with Crippen LogP contribution in [0, 0.1) is 0 Å². The van der Waals surface area contributed by atoms with E-state index in [1.165, 1.54) is 0 Å². The zero-order chi connectivity index (χ0) is 10.6. The number of halogens is 1. The first kappa shape index (κ1) is 8.82. The average molecular weight is 226 g/mol. The standard InChI is InChI=1S/C4FO8P/c5-14(10-1(6)2(7)11-14)12-3(8)4(9)13-14. The van der Waals surface area contributed by atoms with E-state index in [4.69, 9.17) is 0 Å². The third-order valence-electron chi connectivity index (χ3n) is 1.25. The molecule has 2 fully saturated rings. The molecule has 0 saturated carbocycles. The summed E-state index contributed by atoms with van der Waals surface area (Å²) in [4.78, 5) is 41.9. The van der Waals surface area contributed by atoms with E-state index < -0.39 is 31.7 Å². The molecule has 0 aromatic rings. The first-order chi connectivity index (χ1) is 6.32. The van der Waals surface area contributed by atoms with E-state index in [1.54, 1.807) is 0 Å². The van der Waals surface area contributed by atoms with Crippen LogP contribution in [0.25, 0.3) is 0 Å². The van der Waals surface area contributed by atoms with Crippen LogP contribution in [-0.4, -0.2) is 23.9 Å². The van der Waals surface area contributed by atoms with Gasteiger partial charge in [-0.3, -0.25) is 0 Å². The van der Waals surface area contributed by atoms with Crippen LogP contribution in [0.15, 0.2) is 0 Å². The van der Waals surface area contributed by atoms with Crippen LogP contribution in [0.5, 0.6) is 0 Å². The quantitative estimate of drug-likeness (QED) is 0.393. The zero-order valence-electron chi connectivity index (χ0n) is 6.09. The molecule has 2 aliphatic rings. The molecule has 0 aromatic carbocycles. The Morgan fingerprint density at radius 2 is 0.929 bits per heavy atom. The Balaban J connectivity index is 2.42. The van der Waals surface area contributed by atoms with E-state index in [-0.39, 0.29) is 0 Å². The van der Waals surface area contributed by atoms with Gasteiger partial charge >= 0.3 is 73.2 Å². The molecule has 2 aliphatic heterocycles. The second kappa shape index (κ2) is 2.01. The van der Waals surface area contributed by atoms with E-state index in [0.717, 1.165) is 0 Å². The van der Waals surface area contributed by atoms with Crippen LogP contribution in [0.2, 0.25) is 0 Å². The van der Waals surface area contributed by atoms with Crippen LogP contribution >= 0.6 is 7.82 Å². The maximum atomic E-state index is 13.6. The van der Waals surface area contributed by atoms with Crippen LogP contribution in [0.1, 0.15) is 0 Å². The zero-order valence-corrected chi connectivity index (χ0v) is 6.99. The Bertz CT molecular complexity index is 325. The molecule has 0 N–H and O–H groups in total. The summed E-state index contributed by atoms with van der Waals surface area (Å²) < 4.78 is 28.5. The number of carbonyl (C=O) groups is 4. The molecule has 0 bridgehead atoms. The Kier molecular flexibility index (Phi) is 1.26. The van der Waals surface area contributed by atoms with Gasteiger partial charge in [-0.15, -0.1) is 0 Å². The van der Waals surface area contributed by atoms with Crippen LogP contribution in [0.4, 0.5) is 4.20 Å². The number of hydrogen-bond donors (Lipinski definition) is 0. The maximum absolute atomic E-state index is 13.6. The monoisotopic (exact) mass is 226 g/mol. The van der Waals surface area contributed by atoms with Gasteiger partial charge in [0, 0.05) is 0 Å². The molecule has 1 spiro atoms. The van der Waals surface area contributed by atoms with Crippen molar-refractivity contribution in [3.8, 4) is 0 Å². The van der Waals surface area contributed by atoms with Crippen LogP contribution in [-0.2, 0) is 37.3 Å². The van der Waals surface area contributed by atoms with E-state index in [2.05, 4.69) is 18.1 Å². The Hall–Kier alpha value is -1.76. The molecular weight excluding hydrogens is 226 g/mol. The van der Waals surface area contributed by atoms with Gasteiger partial charge in [0.15, 0.2) is 0 Å². The summed E-state index contributed by atoms with van der Waals surface area (Å²) in [6.07, 6.45) is 0. The van der Waals surface area contributed by atoms with Gasteiger partial charge < -0.3 is 0 Å². The summed E-state index contributed by atoms with van der Waals surface area (Å²) in [5.41, 5.74) is 0. The van der Waals surface area contributed by atoms with E-state index in [9.17, 15) is 23.4 Å². The summed E-state index contributed by atoms with van der Waals surface area (Å²) in [6.45, 7) is 0. The normalized spacial score (nSPS) is 29.9. The SMILES string of the molecule is O=C1OP2(F)(OC1=O)OC(=O)C(=O)O2. The van der Waals surface area contributed by atoms with Crippen LogP contribution in [0.3, 0.4) is 0 Å². The van der Waals surface area contributed by atoms with Gasteiger partial charge in [0.05, 0.1) is 0 Å². The van der Waals surface area contributed by atoms with Crippen molar-refractivity contribution in [3.05, 3.63) is 0 Å². The summed E-state index contributed by atoms with van der Waals surface area (Å²) in [5.74, 6) is -6.92. The van der Waals surface area contributed by atoms with Gasteiger partial charge in [-0.2, -0.15) is 0 Å². The Morgan fingerprint density at radius 3 is 1.14 bits per heavy atom. The molecule has 0 radical (unpaired) electrons. The molecule has 14 heavy (non-hydrogen) atoms. The van der Waals surface area contributed by atoms with Crippen LogP contribution < -0.4 is 0 Å². The van der Waals surface area contributed by atoms with Crippen molar-refractivity contribution in [1.82, 2.24) is 0 Å². The second-order valence-electron chi connectivity index (χ2n) is 2.24. The minimum absolute atomic E-state index is 1.73. The first-order valence-electron chi connectivity index (χ1n) is 3.03. The van der Waals surface area contributed by atoms with Crippen molar-refractivity contribution in [1.29, 1.82) is 0 Å². The van der Waals surface area contributed by atoms with E-state index in [1.807, 2.05) is 0 Å². The third kappa shape index (κ3) is 0.956. The summed E-state index contributed by atoms with van der Waals surface area (Å²) in [7, 11) is -6.09. The molecule has 76 valence electrons. The summed E-state index contributed by atoms with van der Waals surface area (Å²) in [6, 6.07) is 0. The molecule has 2 rings (SSSR count). The molecule has 2 heterocycles. The van der Waals surface area contributed by atoms with Gasteiger partial charge in [-0.25, -0.2) is 0 Å². The van der Waals surface area contributed by atoms with Gasteiger partial charge in [0.25, 0.3) is 0 Å². The molecule has 0 atom stereocenters. The molecule has 0 aromatic heterocycles. The third-order valence-corrected chi connectivity index (χ3v) is 3.08. The summed E-state index contributed by atoms with van der Waals surface area (Å²) in [5, 5.41) is 0. The molecule has 2 saturated heterocycles. The number of rotatable bonds is 0. The van der Waals surface area contributed by atoms with Gasteiger partial charge in [-0.05, 0) is 0 Å². The fraction of sp³-hybridized carbons (Fsp3) is 0. The predicted octanol–water partition coefficient (Wildman–Crippen LogP) is -0.716. The molecule has 0 unspecified atom stereocenters.